The maximum absolute atomic E-state index is 14.6. The molecule has 2 aromatic heterocycles. The van der Waals surface area contributed by atoms with Crippen LogP contribution in [0.4, 0.5) is 4.39 Å². The third kappa shape index (κ3) is 5.39. The van der Waals surface area contributed by atoms with Crippen LogP contribution in [-0.4, -0.2) is 34.1 Å². The summed E-state index contributed by atoms with van der Waals surface area (Å²) in [5, 5.41) is 8.77. The van der Waals surface area contributed by atoms with Crippen LogP contribution in [0.5, 0.6) is 0 Å². The van der Waals surface area contributed by atoms with Crippen molar-refractivity contribution in [3.8, 4) is 11.1 Å². The molecule has 2 N–H and O–H groups in total. The topological polar surface area (TPSA) is 131 Å². The van der Waals surface area contributed by atoms with Crippen molar-refractivity contribution in [2.24, 2.45) is 5.41 Å². The second-order valence-corrected chi connectivity index (χ2v) is 7.11. The zero-order chi connectivity index (χ0) is 22.3. The molecule has 0 aliphatic heterocycles. The van der Waals surface area contributed by atoms with Gasteiger partial charge in [-0.3, -0.25) is 24.8 Å². The van der Waals surface area contributed by atoms with Crippen LogP contribution in [0.15, 0.2) is 47.7 Å². The Balaban J connectivity index is 0.00000101. The summed E-state index contributed by atoms with van der Waals surface area (Å²) in [6.07, 6.45) is 4.50. The molecular weight excluding hydrogens is 415 g/mol. The Kier molecular flexibility index (Phi) is 7.61. The van der Waals surface area contributed by atoms with E-state index in [0.29, 0.717) is 16.6 Å². The predicted molar refractivity (Wildman–Crippen MR) is 106 cm³/mol. The van der Waals surface area contributed by atoms with Gasteiger partial charge in [0.15, 0.2) is 0 Å². The highest BCUT2D eigenvalue weighted by atomic mass is 32.1. The second kappa shape index (κ2) is 9.94. The molecule has 0 saturated carbocycles. The molecule has 0 atom stereocenters. The van der Waals surface area contributed by atoms with Crippen molar-refractivity contribution in [2.45, 2.75) is 26.8 Å². The number of carbonyl (C=O) groups excluding carboxylic acids is 1. The molecule has 0 saturated heterocycles. The molecule has 2 heterocycles. The fourth-order valence-corrected chi connectivity index (χ4v) is 2.74. The van der Waals surface area contributed by atoms with E-state index in [4.69, 9.17) is 13.6 Å². The lowest BCUT2D eigenvalue weighted by Crippen LogP contribution is -2.36. The molecule has 0 bridgehead atoms. The summed E-state index contributed by atoms with van der Waals surface area (Å²) >= 11 is -0.750. The number of rotatable bonds is 5. The van der Waals surface area contributed by atoms with Crippen molar-refractivity contribution < 1.29 is 22.8 Å². The van der Waals surface area contributed by atoms with Crippen LogP contribution >= 0.6 is 0 Å². The monoisotopic (exact) mass is 434 g/mol. The molecule has 30 heavy (non-hydrogen) atoms. The number of nitrogens with one attached hydrogen (secondary N) is 1. The molecule has 11 heteroatoms. The highest BCUT2D eigenvalue weighted by Gasteiger charge is 2.27. The Bertz CT molecular complexity index is 1160. The SMILES string of the molecule is CC(C)(CCn1cc(F)c(-c2ccc3nccnc3c2)cc1=O)C(=O)NO.O=S=O. The summed E-state index contributed by atoms with van der Waals surface area (Å²) in [5.74, 6) is -1.12. The normalized spacial score (nSPS) is 10.8. The summed E-state index contributed by atoms with van der Waals surface area (Å²) < 4.78 is 32.4. The molecule has 0 aliphatic rings. The largest absolute Gasteiger partial charge is 0.335 e. The Morgan fingerprint density at radius 3 is 2.47 bits per heavy atom. The van der Waals surface area contributed by atoms with Gasteiger partial charge in [-0.05, 0) is 24.1 Å². The third-order valence-corrected chi connectivity index (χ3v) is 4.55. The smallest absolute Gasteiger partial charge is 0.313 e. The third-order valence-electron chi connectivity index (χ3n) is 4.55. The van der Waals surface area contributed by atoms with Crippen LogP contribution in [0.2, 0.25) is 0 Å². The molecule has 3 rings (SSSR count). The van der Waals surface area contributed by atoms with Gasteiger partial charge in [0.05, 0.1) is 11.0 Å². The number of aryl methyl sites for hydroxylation is 1. The average Bonchev–Trinajstić information content (AvgIpc) is 2.73. The zero-order valence-corrected chi connectivity index (χ0v) is 17.0. The number of hydrogen-bond acceptors (Lipinski definition) is 7. The number of hydrogen-bond donors (Lipinski definition) is 2. The molecule has 0 unspecified atom stereocenters. The van der Waals surface area contributed by atoms with Crippen LogP contribution in [0, 0.1) is 11.2 Å². The van der Waals surface area contributed by atoms with Crippen LogP contribution < -0.4 is 11.0 Å². The summed E-state index contributed by atoms with van der Waals surface area (Å²) in [6, 6.07) is 6.32. The van der Waals surface area contributed by atoms with Crippen molar-refractivity contribution in [2.75, 3.05) is 0 Å². The number of pyridine rings is 1. The molecular formula is C19H19FN4O5S. The van der Waals surface area contributed by atoms with E-state index in [-0.39, 0.29) is 24.1 Å². The zero-order valence-electron chi connectivity index (χ0n) is 16.2. The first-order valence-electron chi connectivity index (χ1n) is 8.71. The van der Waals surface area contributed by atoms with Gasteiger partial charge < -0.3 is 4.57 Å². The number of benzene rings is 1. The lowest BCUT2D eigenvalue weighted by molar-refractivity contribution is -0.138. The minimum Gasteiger partial charge on any atom is -0.313 e. The number of amides is 1. The van der Waals surface area contributed by atoms with Gasteiger partial charge >= 0.3 is 11.6 Å². The maximum Gasteiger partial charge on any atom is 0.335 e. The van der Waals surface area contributed by atoms with Gasteiger partial charge in [-0.1, -0.05) is 19.9 Å². The van der Waals surface area contributed by atoms with E-state index in [1.54, 1.807) is 49.9 Å². The second-order valence-electron chi connectivity index (χ2n) is 6.97. The number of fused-ring (bicyclic) bond motifs is 1. The molecule has 0 radical (unpaired) electrons. The first-order valence-corrected chi connectivity index (χ1v) is 9.37. The molecule has 3 aromatic rings. The van der Waals surface area contributed by atoms with Gasteiger partial charge in [0.25, 0.3) is 5.56 Å². The van der Waals surface area contributed by atoms with Crippen LogP contribution in [0.1, 0.15) is 20.3 Å². The fourth-order valence-electron chi connectivity index (χ4n) is 2.74. The van der Waals surface area contributed by atoms with E-state index >= 15 is 0 Å². The lowest BCUT2D eigenvalue weighted by atomic mass is 9.88. The van der Waals surface area contributed by atoms with E-state index in [2.05, 4.69) is 9.97 Å². The van der Waals surface area contributed by atoms with E-state index in [9.17, 15) is 14.0 Å². The van der Waals surface area contributed by atoms with Crippen LogP contribution in [0.25, 0.3) is 22.2 Å². The highest BCUT2D eigenvalue weighted by molar-refractivity contribution is 7.51. The summed E-state index contributed by atoms with van der Waals surface area (Å²) in [6.45, 7) is 3.40. The van der Waals surface area contributed by atoms with Gasteiger partial charge in [0.1, 0.15) is 5.82 Å². The lowest BCUT2D eigenvalue weighted by Gasteiger charge is -2.22. The number of aromatic nitrogens is 3. The molecule has 158 valence electrons. The summed E-state index contributed by atoms with van der Waals surface area (Å²) in [5.41, 5.74) is 2.31. The van der Waals surface area contributed by atoms with Gasteiger partial charge in [0.2, 0.25) is 5.91 Å². The standard InChI is InChI=1S/C19H19FN4O3.O2S/c1-19(2,18(26)23-27)5-8-24-11-14(20)13(10-17(24)25)12-3-4-15-16(9-12)22-7-6-21-15;1-3-2/h3-4,6-7,9-11,27H,5,8H2,1-2H3,(H,23,26);. The Morgan fingerprint density at radius 2 is 1.83 bits per heavy atom. The van der Waals surface area contributed by atoms with Crippen molar-refractivity contribution in [1.82, 2.24) is 20.0 Å². The van der Waals surface area contributed by atoms with Gasteiger partial charge in [0, 0.05) is 42.2 Å². The predicted octanol–water partition coefficient (Wildman–Crippen LogP) is 1.85. The van der Waals surface area contributed by atoms with Crippen LogP contribution in [0.3, 0.4) is 0 Å². The summed E-state index contributed by atoms with van der Waals surface area (Å²) in [7, 11) is 0. The number of carbonyl (C=O) groups is 1. The molecule has 0 aliphatic carbocycles. The van der Waals surface area contributed by atoms with Crippen molar-refractivity contribution >= 4 is 28.5 Å². The van der Waals surface area contributed by atoms with E-state index in [1.807, 2.05) is 0 Å². The van der Waals surface area contributed by atoms with E-state index in [0.717, 1.165) is 6.20 Å². The minimum absolute atomic E-state index is 0.139. The van der Waals surface area contributed by atoms with Crippen molar-refractivity contribution in [3.63, 3.8) is 0 Å². The first-order chi connectivity index (χ1) is 14.2. The van der Waals surface area contributed by atoms with Gasteiger partial charge in [-0.25, -0.2) is 9.87 Å². The number of nitrogens with zero attached hydrogens (tertiary/aromatic N) is 3. The van der Waals surface area contributed by atoms with Gasteiger partial charge in [-0.2, -0.15) is 8.42 Å². The molecule has 9 nitrogen and oxygen atoms in total. The average molecular weight is 434 g/mol. The number of halogens is 1. The van der Waals surface area contributed by atoms with Crippen LogP contribution in [-0.2, 0) is 22.9 Å². The fraction of sp³-hybridized carbons (Fsp3) is 0.263. The van der Waals surface area contributed by atoms with Gasteiger partial charge in [-0.15, -0.1) is 0 Å². The molecule has 1 amide bonds. The Hall–Kier alpha value is -3.31. The quantitative estimate of drug-likeness (QED) is 0.463. The molecule has 0 spiro atoms. The van der Waals surface area contributed by atoms with E-state index < -0.39 is 28.7 Å². The Morgan fingerprint density at radius 1 is 1.20 bits per heavy atom. The van der Waals surface area contributed by atoms with Crippen molar-refractivity contribution in [3.05, 3.63) is 59.0 Å². The minimum atomic E-state index is -0.902. The molecule has 0 fully saturated rings. The van der Waals surface area contributed by atoms with Crippen molar-refractivity contribution in [1.29, 1.82) is 0 Å². The van der Waals surface area contributed by atoms with E-state index in [1.165, 1.54) is 10.6 Å². The number of hydroxylamine groups is 1. The first kappa shape index (κ1) is 23.0. The Labute approximate surface area is 174 Å². The summed E-state index contributed by atoms with van der Waals surface area (Å²) in [4.78, 5) is 32.4. The highest BCUT2D eigenvalue weighted by Crippen LogP contribution is 2.25. The molecule has 1 aromatic carbocycles. The maximum atomic E-state index is 14.6.